The Morgan fingerprint density at radius 1 is 1.29 bits per heavy atom. The molecule has 0 radical (unpaired) electrons. The molecule has 2 aromatic rings. The molecule has 17 heavy (non-hydrogen) atoms. The summed E-state index contributed by atoms with van der Waals surface area (Å²) in [4.78, 5) is 11.1. The van der Waals surface area contributed by atoms with Gasteiger partial charge in [-0.15, -0.1) is 11.3 Å². The highest BCUT2D eigenvalue weighted by Crippen LogP contribution is 2.26. The van der Waals surface area contributed by atoms with E-state index in [2.05, 4.69) is 25.6 Å². The van der Waals surface area contributed by atoms with E-state index in [1.54, 1.807) is 17.5 Å². The van der Waals surface area contributed by atoms with Crippen molar-refractivity contribution in [2.75, 3.05) is 31.1 Å². The molecule has 4 nitrogen and oxygen atoms in total. The van der Waals surface area contributed by atoms with E-state index in [-0.39, 0.29) is 0 Å². The van der Waals surface area contributed by atoms with E-state index >= 15 is 0 Å². The molecule has 3 rings (SSSR count). The number of thiazole rings is 1. The van der Waals surface area contributed by atoms with E-state index in [4.69, 9.17) is 0 Å². The lowest BCUT2D eigenvalue weighted by Gasteiger charge is -2.26. The fourth-order valence-corrected chi connectivity index (χ4v) is 2.80. The fraction of sp³-hybridized carbons (Fsp3) is 0.333. The van der Waals surface area contributed by atoms with Crippen LogP contribution in [0, 0.1) is 0 Å². The second-order valence-electron chi connectivity index (χ2n) is 3.99. The largest absolute Gasteiger partial charge is 0.346 e. The Hall–Kier alpha value is -1.46. The summed E-state index contributed by atoms with van der Waals surface area (Å²) in [5.41, 5.74) is 2.11. The van der Waals surface area contributed by atoms with Gasteiger partial charge in [-0.25, -0.2) is 4.98 Å². The van der Waals surface area contributed by atoms with Crippen molar-refractivity contribution in [1.82, 2.24) is 15.3 Å². The predicted octanol–water partition coefficient (Wildman–Crippen LogP) is 1.61. The molecule has 1 N–H and O–H groups in total. The molecule has 88 valence electrons. The third kappa shape index (κ3) is 2.30. The molecular weight excluding hydrogens is 232 g/mol. The summed E-state index contributed by atoms with van der Waals surface area (Å²) in [6.07, 6.45) is 3.64. The van der Waals surface area contributed by atoms with Crippen LogP contribution >= 0.6 is 11.3 Å². The molecule has 1 aliphatic rings. The van der Waals surface area contributed by atoms with Crippen LogP contribution in [0.2, 0.25) is 0 Å². The first-order valence-corrected chi connectivity index (χ1v) is 6.63. The highest BCUT2D eigenvalue weighted by atomic mass is 32.1. The Kier molecular flexibility index (Phi) is 3.02. The zero-order chi connectivity index (χ0) is 11.5. The van der Waals surface area contributed by atoms with Crippen LogP contribution in [-0.4, -0.2) is 36.1 Å². The summed E-state index contributed by atoms with van der Waals surface area (Å²) < 4.78 is 0. The molecule has 1 aliphatic heterocycles. The van der Waals surface area contributed by atoms with Crippen molar-refractivity contribution in [3.8, 4) is 11.3 Å². The summed E-state index contributed by atoms with van der Waals surface area (Å²) in [6, 6.07) is 3.99. The van der Waals surface area contributed by atoms with Crippen LogP contribution in [0.4, 0.5) is 5.13 Å². The molecule has 0 atom stereocenters. The smallest absolute Gasteiger partial charge is 0.185 e. The molecule has 0 spiro atoms. The van der Waals surface area contributed by atoms with Crippen molar-refractivity contribution in [1.29, 1.82) is 0 Å². The van der Waals surface area contributed by atoms with Gasteiger partial charge in [0.1, 0.15) is 0 Å². The molecular formula is C12H14N4S. The first-order valence-electron chi connectivity index (χ1n) is 5.75. The summed E-state index contributed by atoms with van der Waals surface area (Å²) in [7, 11) is 0. The number of hydrogen-bond acceptors (Lipinski definition) is 5. The molecule has 0 amide bonds. The first-order chi connectivity index (χ1) is 8.43. The Morgan fingerprint density at radius 2 is 2.18 bits per heavy atom. The molecule has 1 saturated heterocycles. The summed E-state index contributed by atoms with van der Waals surface area (Å²) in [6.45, 7) is 4.17. The molecule has 0 aliphatic carbocycles. The summed E-state index contributed by atoms with van der Waals surface area (Å²) in [5.74, 6) is 0. The van der Waals surface area contributed by atoms with Crippen molar-refractivity contribution < 1.29 is 0 Å². The van der Waals surface area contributed by atoms with Gasteiger partial charge in [-0.2, -0.15) is 0 Å². The number of aromatic nitrogens is 2. The van der Waals surface area contributed by atoms with Gasteiger partial charge in [-0.05, 0) is 12.1 Å². The highest BCUT2D eigenvalue weighted by molar-refractivity contribution is 7.14. The number of nitrogens with zero attached hydrogens (tertiary/aromatic N) is 3. The van der Waals surface area contributed by atoms with Crippen molar-refractivity contribution in [3.63, 3.8) is 0 Å². The minimum absolute atomic E-state index is 1.02. The average molecular weight is 246 g/mol. The minimum atomic E-state index is 1.02. The molecule has 2 aromatic heterocycles. The van der Waals surface area contributed by atoms with Gasteiger partial charge in [0, 0.05) is 49.5 Å². The second-order valence-corrected chi connectivity index (χ2v) is 4.83. The zero-order valence-electron chi connectivity index (χ0n) is 9.47. The summed E-state index contributed by atoms with van der Waals surface area (Å²) >= 11 is 1.71. The third-order valence-corrected chi connectivity index (χ3v) is 3.74. The molecule has 1 fully saturated rings. The van der Waals surface area contributed by atoms with Crippen LogP contribution < -0.4 is 10.2 Å². The number of rotatable bonds is 2. The van der Waals surface area contributed by atoms with E-state index in [0.29, 0.717) is 0 Å². The van der Waals surface area contributed by atoms with E-state index in [1.807, 2.05) is 18.3 Å². The lowest BCUT2D eigenvalue weighted by molar-refractivity contribution is 0.588. The van der Waals surface area contributed by atoms with Crippen molar-refractivity contribution >= 4 is 16.5 Å². The molecule has 5 heteroatoms. The standard InChI is InChI=1S/C12H14N4S/c1-2-10(8-14-3-1)11-9-17-12(15-11)16-6-4-13-5-7-16/h1-3,8-9,13H,4-7H2. The first kappa shape index (κ1) is 10.7. The van der Waals surface area contributed by atoms with Gasteiger partial charge in [-0.3, -0.25) is 4.98 Å². The van der Waals surface area contributed by atoms with Crippen molar-refractivity contribution in [2.45, 2.75) is 0 Å². The van der Waals surface area contributed by atoms with E-state index < -0.39 is 0 Å². The lowest BCUT2D eigenvalue weighted by atomic mass is 10.2. The third-order valence-electron chi connectivity index (χ3n) is 2.84. The van der Waals surface area contributed by atoms with Gasteiger partial charge in [0.2, 0.25) is 0 Å². The Balaban J connectivity index is 1.83. The molecule has 0 aromatic carbocycles. The molecule has 3 heterocycles. The SMILES string of the molecule is c1cncc(-c2csc(N3CCNCC3)n2)c1. The number of pyridine rings is 1. The van der Waals surface area contributed by atoms with Gasteiger partial charge < -0.3 is 10.2 Å². The second kappa shape index (κ2) is 4.81. The van der Waals surface area contributed by atoms with Crippen LogP contribution in [0.5, 0.6) is 0 Å². The quantitative estimate of drug-likeness (QED) is 0.874. The summed E-state index contributed by atoms with van der Waals surface area (Å²) in [5, 5.41) is 6.57. The van der Waals surface area contributed by atoms with E-state index in [1.165, 1.54) is 0 Å². The normalized spacial score (nSPS) is 16.1. The molecule has 0 unspecified atom stereocenters. The molecule has 0 bridgehead atoms. The topological polar surface area (TPSA) is 41.1 Å². The zero-order valence-corrected chi connectivity index (χ0v) is 10.3. The van der Waals surface area contributed by atoms with Crippen LogP contribution in [0.15, 0.2) is 29.9 Å². The van der Waals surface area contributed by atoms with Gasteiger partial charge in [0.25, 0.3) is 0 Å². The number of piperazine rings is 1. The molecule has 0 saturated carbocycles. The number of nitrogens with one attached hydrogen (secondary N) is 1. The number of anilines is 1. The Morgan fingerprint density at radius 3 is 2.94 bits per heavy atom. The van der Waals surface area contributed by atoms with Crippen LogP contribution in [0.1, 0.15) is 0 Å². The van der Waals surface area contributed by atoms with Crippen molar-refractivity contribution in [3.05, 3.63) is 29.9 Å². The average Bonchev–Trinajstić information content (AvgIpc) is 2.90. The van der Waals surface area contributed by atoms with E-state index in [0.717, 1.165) is 42.6 Å². The number of hydrogen-bond donors (Lipinski definition) is 1. The lowest BCUT2D eigenvalue weighted by Crippen LogP contribution is -2.43. The fourth-order valence-electron chi connectivity index (χ4n) is 1.91. The maximum absolute atomic E-state index is 4.68. The van der Waals surface area contributed by atoms with Crippen LogP contribution in [0.25, 0.3) is 11.3 Å². The van der Waals surface area contributed by atoms with Gasteiger partial charge in [0.15, 0.2) is 5.13 Å². The van der Waals surface area contributed by atoms with Gasteiger partial charge in [0.05, 0.1) is 5.69 Å². The minimum Gasteiger partial charge on any atom is -0.346 e. The maximum atomic E-state index is 4.68. The predicted molar refractivity (Wildman–Crippen MR) is 70.4 cm³/mol. The Labute approximate surface area is 104 Å². The highest BCUT2D eigenvalue weighted by Gasteiger charge is 2.14. The van der Waals surface area contributed by atoms with Gasteiger partial charge in [-0.1, -0.05) is 0 Å². The Bertz CT molecular complexity index is 476. The van der Waals surface area contributed by atoms with Gasteiger partial charge >= 0.3 is 0 Å². The van der Waals surface area contributed by atoms with Crippen LogP contribution in [0.3, 0.4) is 0 Å². The van der Waals surface area contributed by atoms with Crippen LogP contribution in [-0.2, 0) is 0 Å². The van der Waals surface area contributed by atoms with Crippen molar-refractivity contribution in [2.24, 2.45) is 0 Å². The van der Waals surface area contributed by atoms with E-state index in [9.17, 15) is 0 Å². The maximum Gasteiger partial charge on any atom is 0.185 e. The monoisotopic (exact) mass is 246 g/mol.